The molecule has 2 heterocycles. The zero-order chi connectivity index (χ0) is 29.0. The molecule has 4 rings (SSSR count). The number of anilines is 1. The Bertz CT molecular complexity index is 1620. The number of fused-ring (bicyclic) bond motifs is 1. The summed E-state index contributed by atoms with van der Waals surface area (Å²) in [5.74, 6) is 0.578. The number of allylic oxidation sites excluding steroid dienone is 1. The molecule has 0 saturated heterocycles. The van der Waals surface area contributed by atoms with Crippen LogP contribution in [0.2, 0.25) is 0 Å². The zero-order valence-electron chi connectivity index (χ0n) is 23.7. The van der Waals surface area contributed by atoms with Gasteiger partial charge in [-0.15, -0.1) is 0 Å². The van der Waals surface area contributed by atoms with Crippen molar-refractivity contribution < 1.29 is 24.1 Å². The molecule has 0 aliphatic carbocycles. The number of phenolic OH excluding ortho intramolecular Hbond substituents is 1. The number of benzene rings is 2. The maximum absolute atomic E-state index is 13.9. The molecule has 2 aromatic carbocycles. The summed E-state index contributed by atoms with van der Waals surface area (Å²) in [6.45, 7) is 11.7. The Morgan fingerprint density at radius 2 is 1.85 bits per heavy atom. The molecule has 0 amide bonds. The summed E-state index contributed by atoms with van der Waals surface area (Å²) in [6.07, 6.45) is 1.66. The zero-order valence-corrected chi connectivity index (χ0v) is 24.5. The van der Waals surface area contributed by atoms with Crippen molar-refractivity contribution >= 4 is 29.1 Å². The summed E-state index contributed by atoms with van der Waals surface area (Å²) in [5.41, 5.74) is 2.49. The number of hydrogen-bond donors (Lipinski definition) is 1. The van der Waals surface area contributed by atoms with Gasteiger partial charge in [0.05, 0.1) is 42.2 Å². The molecule has 0 spiro atoms. The van der Waals surface area contributed by atoms with Crippen LogP contribution in [0.1, 0.15) is 51.8 Å². The van der Waals surface area contributed by atoms with Crippen molar-refractivity contribution in [2.45, 2.75) is 40.7 Å². The molecule has 40 heavy (non-hydrogen) atoms. The number of carbonyl (C=O) groups excluding carboxylic acids is 1. The largest absolute Gasteiger partial charge is 0.507 e. The van der Waals surface area contributed by atoms with Crippen LogP contribution in [-0.2, 0) is 9.53 Å². The Labute approximate surface area is 237 Å². The van der Waals surface area contributed by atoms with Crippen LogP contribution in [0.5, 0.6) is 17.2 Å². The van der Waals surface area contributed by atoms with Crippen LogP contribution in [-0.4, -0.2) is 49.1 Å². The van der Waals surface area contributed by atoms with E-state index >= 15 is 0 Å². The fraction of sp³-hybridized carbons (Fsp3) is 0.367. The summed E-state index contributed by atoms with van der Waals surface area (Å²) < 4.78 is 18.5. The Hall–Kier alpha value is -4.05. The fourth-order valence-electron chi connectivity index (χ4n) is 4.82. The molecule has 1 aromatic heterocycles. The smallest absolute Gasteiger partial charge is 0.338 e. The van der Waals surface area contributed by atoms with E-state index in [0.717, 1.165) is 18.8 Å². The van der Waals surface area contributed by atoms with Gasteiger partial charge in [0, 0.05) is 30.4 Å². The molecule has 0 fully saturated rings. The molecule has 10 heteroatoms. The number of methoxy groups -OCH3 is 1. The third-order valence-electron chi connectivity index (χ3n) is 6.75. The number of aromatic hydroxyl groups is 1. The standard InChI is InChI=1S/C30H35N3O6S/c1-7-32(8-2)21-13-11-19(22(34)17-21)16-25-28(35)33-27(20-12-14-23(37-6)24(15-20)38-9-3)26(29(36)39-10-4)18(5)31-30(33)40-25/h11-17,27,34H,7-10H2,1-6H3/b25-16-/t27-/m1/s1. The van der Waals surface area contributed by atoms with E-state index in [-0.39, 0.29) is 23.5 Å². The lowest BCUT2D eigenvalue weighted by molar-refractivity contribution is -0.139. The number of nitrogens with zero attached hydrogens (tertiary/aromatic N) is 3. The second-order valence-electron chi connectivity index (χ2n) is 9.06. The number of aromatic nitrogens is 1. The van der Waals surface area contributed by atoms with Gasteiger partial charge >= 0.3 is 5.97 Å². The Morgan fingerprint density at radius 1 is 1.10 bits per heavy atom. The van der Waals surface area contributed by atoms with Gasteiger partial charge in [0.25, 0.3) is 5.56 Å². The topological polar surface area (TPSA) is 103 Å². The highest BCUT2D eigenvalue weighted by atomic mass is 32.1. The normalized spacial score (nSPS) is 14.9. The summed E-state index contributed by atoms with van der Waals surface area (Å²) in [5, 5.41) is 10.8. The van der Waals surface area contributed by atoms with Gasteiger partial charge in [0.1, 0.15) is 5.75 Å². The first-order valence-electron chi connectivity index (χ1n) is 13.4. The average molecular weight is 566 g/mol. The SMILES string of the molecule is CCOC(=O)C1=C(C)N=c2s/c(=C\c3ccc(N(CC)CC)cc3O)c(=O)n2[C@@H]1c1ccc(OC)c(OCC)c1. The van der Waals surface area contributed by atoms with E-state index < -0.39 is 12.0 Å². The van der Waals surface area contributed by atoms with Crippen molar-refractivity contribution in [3.8, 4) is 17.2 Å². The van der Waals surface area contributed by atoms with Crippen molar-refractivity contribution in [3.63, 3.8) is 0 Å². The van der Waals surface area contributed by atoms with E-state index in [2.05, 4.69) is 23.7 Å². The number of carbonyl (C=O) groups is 1. The Morgan fingerprint density at radius 3 is 2.48 bits per heavy atom. The molecule has 0 bridgehead atoms. The monoisotopic (exact) mass is 565 g/mol. The van der Waals surface area contributed by atoms with E-state index in [9.17, 15) is 14.7 Å². The van der Waals surface area contributed by atoms with Gasteiger partial charge in [0.15, 0.2) is 16.3 Å². The van der Waals surface area contributed by atoms with Gasteiger partial charge < -0.3 is 24.2 Å². The van der Waals surface area contributed by atoms with E-state index in [1.807, 2.05) is 13.0 Å². The van der Waals surface area contributed by atoms with E-state index in [1.54, 1.807) is 57.4 Å². The number of ether oxygens (including phenoxy) is 3. The summed E-state index contributed by atoms with van der Waals surface area (Å²) in [6, 6.07) is 9.97. The average Bonchev–Trinajstić information content (AvgIpc) is 3.24. The molecule has 9 nitrogen and oxygen atoms in total. The van der Waals surface area contributed by atoms with Crippen molar-refractivity contribution in [1.29, 1.82) is 0 Å². The number of rotatable bonds is 10. The van der Waals surface area contributed by atoms with Crippen LogP contribution in [0.25, 0.3) is 6.08 Å². The number of esters is 1. The van der Waals surface area contributed by atoms with E-state index in [4.69, 9.17) is 14.2 Å². The molecule has 0 radical (unpaired) electrons. The van der Waals surface area contributed by atoms with Crippen LogP contribution in [0.3, 0.4) is 0 Å². The fourth-order valence-corrected chi connectivity index (χ4v) is 5.86. The third-order valence-corrected chi connectivity index (χ3v) is 7.73. The minimum Gasteiger partial charge on any atom is -0.507 e. The minimum atomic E-state index is -0.791. The molecule has 0 unspecified atom stereocenters. The van der Waals surface area contributed by atoms with E-state index in [0.29, 0.717) is 44.3 Å². The Balaban J connectivity index is 1.91. The van der Waals surface area contributed by atoms with Crippen LogP contribution in [0.15, 0.2) is 57.5 Å². The van der Waals surface area contributed by atoms with Crippen molar-refractivity contribution in [1.82, 2.24) is 4.57 Å². The molecular weight excluding hydrogens is 530 g/mol. The van der Waals surface area contributed by atoms with Gasteiger partial charge in [-0.05, 0) is 70.5 Å². The van der Waals surface area contributed by atoms with Crippen molar-refractivity contribution in [2.24, 2.45) is 4.99 Å². The van der Waals surface area contributed by atoms with Gasteiger partial charge in [-0.1, -0.05) is 17.4 Å². The first kappa shape index (κ1) is 28.9. The van der Waals surface area contributed by atoms with Gasteiger partial charge in [-0.25, -0.2) is 9.79 Å². The lowest BCUT2D eigenvalue weighted by Crippen LogP contribution is -2.40. The molecule has 1 N–H and O–H groups in total. The second kappa shape index (κ2) is 12.4. The highest BCUT2D eigenvalue weighted by Gasteiger charge is 2.34. The lowest BCUT2D eigenvalue weighted by atomic mass is 9.95. The number of phenols is 1. The maximum Gasteiger partial charge on any atom is 0.338 e. The summed E-state index contributed by atoms with van der Waals surface area (Å²) in [4.78, 5) is 34.3. The summed E-state index contributed by atoms with van der Waals surface area (Å²) >= 11 is 1.20. The van der Waals surface area contributed by atoms with Crippen LogP contribution in [0.4, 0.5) is 5.69 Å². The van der Waals surface area contributed by atoms with Gasteiger partial charge in [-0.3, -0.25) is 9.36 Å². The molecule has 1 atom stereocenters. The van der Waals surface area contributed by atoms with Crippen LogP contribution in [0, 0.1) is 0 Å². The number of hydrogen-bond acceptors (Lipinski definition) is 9. The molecular formula is C30H35N3O6S. The summed E-state index contributed by atoms with van der Waals surface area (Å²) in [7, 11) is 1.55. The van der Waals surface area contributed by atoms with Gasteiger partial charge in [-0.2, -0.15) is 0 Å². The maximum atomic E-state index is 13.9. The van der Waals surface area contributed by atoms with Crippen molar-refractivity contribution in [3.05, 3.63) is 78.5 Å². The molecule has 3 aromatic rings. The van der Waals surface area contributed by atoms with E-state index in [1.165, 1.54) is 15.9 Å². The highest BCUT2D eigenvalue weighted by molar-refractivity contribution is 7.07. The number of thiazole rings is 1. The molecule has 1 aliphatic heterocycles. The molecule has 1 aliphatic rings. The minimum absolute atomic E-state index is 0.0756. The quantitative estimate of drug-likeness (QED) is 0.374. The Kier molecular flexibility index (Phi) is 8.99. The van der Waals surface area contributed by atoms with Crippen LogP contribution >= 0.6 is 11.3 Å². The molecule has 0 saturated carbocycles. The van der Waals surface area contributed by atoms with Crippen molar-refractivity contribution in [2.75, 3.05) is 38.3 Å². The third kappa shape index (κ3) is 5.49. The molecule has 212 valence electrons. The van der Waals surface area contributed by atoms with Gasteiger partial charge in [0.2, 0.25) is 0 Å². The second-order valence-corrected chi connectivity index (χ2v) is 10.1. The predicted octanol–water partition coefficient (Wildman–Crippen LogP) is 3.76. The van der Waals surface area contributed by atoms with Crippen LogP contribution < -0.4 is 29.3 Å². The first-order valence-corrected chi connectivity index (χ1v) is 14.2. The predicted molar refractivity (Wildman–Crippen MR) is 156 cm³/mol. The highest BCUT2D eigenvalue weighted by Crippen LogP contribution is 2.36. The lowest BCUT2D eigenvalue weighted by Gasteiger charge is -2.25. The first-order chi connectivity index (χ1) is 19.3.